The molecule has 1 heterocycles. The summed E-state index contributed by atoms with van der Waals surface area (Å²) in [7, 11) is -3.36. The molecule has 1 saturated carbocycles. The highest BCUT2D eigenvalue weighted by atomic mass is 32.2. The van der Waals surface area contributed by atoms with Crippen LogP contribution in [0.5, 0.6) is 0 Å². The van der Waals surface area contributed by atoms with Crippen LogP contribution in [0.2, 0.25) is 0 Å². The van der Waals surface area contributed by atoms with Gasteiger partial charge in [0.25, 0.3) is 0 Å². The third-order valence-corrected chi connectivity index (χ3v) is 6.97. The van der Waals surface area contributed by atoms with Gasteiger partial charge in [0.2, 0.25) is 10.0 Å². The van der Waals surface area contributed by atoms with Crippen LogP contribution in [0.25, 0.3) is 0 Å². The zero-order valence-corrected chi connectivity index (χ0v) is 16.3. The van der Waals surface area contributed by atoms with Crippen LogP contribution in [0.1, 0.15) is 32.6 Å². The van der Waals surface area contributed by atoms with Crippen LogP contribution in [0.3, 0.4) is 0 Å². The zero-order valence-electron chi connectivity index (χ0n) is 15.5. The van der Waals surface area contributed by atoms with Crippen LogP contribution in [0, 0.1) is 11.8 Å². The summed E-state index contributed by atoms with van der Waals surface area (Å²) in [4.78, 5) is 5.03. The number of hydrogen-bond acceptors (Lipinski definition) is 3. The first-order valence-electron chi connectivity index (χ1n) is 9.67. The van der Waals surface area contributed by atoms with Crippen LogP contribution in [-0.2, 0) is 10.0 Å². The Morgan fingerprint density at radius 2 is 1.77 bits per heavy atom. The van der Waals surface area contributed by atoms with Gasteiger partial charge in [-0.25, -0.2) is 8.42 Å². The summed E-state index contributed by atoms with van der Waals surface area (Å²) < 4.78 is 27.0. The Kier molecular flexibility index (Phi) is 6.53. The third-order valence-electron chi connectivity index (χ3n) is 5.06. The number of nitrogens with zero attached hydrogens (tertiary/aromatic N) is 2. The van der Waals surface area contributed by atoms with Gasteiger partial charge in [-0.05, 0) is 56.6 Å². The van der Waals surface area contributed by atoms with Crippen molar-refractivity contribution in [3.8, 4) is 0 Å². The monoisotopic (exact) mass is 378 g/mol. The van der Waals surface area contributed by atoms with E-state index in [2.05, 4.69) is 22.5 Å². The quantitative estimate of drug-likeness (QED) is 0.563. The summed E-state index contributed by atoms with van der Waals surface area (Å²) in [6.45, 7) is 5.84. The molecule has 0 radical (unpaired) electrons. The molecule has 2 fully saturated rings. The number of aliphatic imine (C=N–C) groups is 1. The Morgan fingerprint density at radius 1 is 1.08 bits per heavy atom. The fraction of sp³-hybridized carbons (Fsp3) is 0.632. The molecule has 0 spiro atoms. The molecule has 1 aliphatic carbocycles. The lowest BCUT2D eigenvalue weighted by Crippen LogP contribution is -2.44. The average molecular weight is 379 g/mol. The molecule has 6 nitrogen and oxygen atoms in total. The number of sulfonamides is 1. The maximum Gasteiger partial charge on any atom is 0.243 e. The summed E-state index contributed by atoms with van der Waals surface area (Å²) >= 11 is 0. The van der Waals surface area contributed by atoms with Gasteiger partial charge in [-0.15, -0.1) is 0 Å². The minimum atomic E-state index is -3.36. The molecular formula is C19H30N4O2S. The molecule has 0 atom stereocenters. The molecular weight excluding hydrogens is 348 g/mol. The highest BCUT2D eigenvalue weighted by Gasteiger charge is 2.29. The second kappa shape index (κ2) is 8.86. The summed E-state index contributed by atoms with van der Waals surface area (Å²) in [6, 6.07) is 8.72. The number of benzene rings is 1. The molecule has 1 saturated heterocycles. The first-order chi connectivity index (χ1) is 12.6. The standard InChI is InChI=1S/C19H30N4O2S/c1-2-20-19(21-14-16-8-9-16)22-15-17-10-12-23(13-11-17)26(24,25)18-6-4-3-5-7-18/h3-7,16-17H,2,8-15H2,1H3,(H2,20,21,22). The average Bonchev–Trinajstić information content (AvgIpc) is 3.49. The summed E-state index contributed by atoms with van der Waals surface area (Å²) in [5.74, 6) is 2.14. The largest absolute Gasteiger partial charge is 0.357 e. The molecule has 1 aromatic rings. The van der Waals surface area contributed by atoms with Crippen molar-refractivity contribution >= 4 is 16.0 Å². The van der Waals surface area contributed by atoms with Gasteiger partial charge >= 0.3 is 0 Å². The predicted molar refractivity (Wildman–Crippen MR) is 105 cm³/mol. The van der Waals surface area contributed by atoms with E-state index in [-0.39, 0.29) is 0 Å². The topological polar surface area (TPSA) is 73.8 Å². The van der Waals surface area contributed by atoms with Crippen LogP contribution in [0.4, 0.5) is 0 Å². The molecule has 2 N–H and O–H groups in total. The Hall–Kier alpha value is -1.60. The Morgan fingerprint density at radius 3 is 2.38 bits per heavy atom. The van der Waals surface area contributed by atoms with Crippen LogP contribution >= 0.6 is 0 Å². The molecule has 3 rings (SSSR count). The van der Waals surface area contributed by atoms with E-state index < -0.39 is 10.0 Å². The van der Waals surface area contributed by atoms with Crippen molar-refractivity contribution in [2.24, 2.45) is 16.8 Å². The third kappa shape index (κ3) is 5.20. The van der Waals surface area contributed by atoms with Gasteiger partial charge in [0.1, 0.15) is 0 Å². The zero-order chi connectivity index (χ0) is 18.4. The SMILES string of the molecule is CCNC(=NCC1CC1)NCC1CCN(S(=O)(=O)c2ccccc2)CC1. The van der Waals surface area contributed by atoms with Crippen molar-refractivity contribution in [3.63, 3.8) is 0 Å². The van der Waals surface area contributed by atoms with E-state index in [0.717, 1.165) is 44.4 Å². The number of hydrogen-bond donors (Lipinski definition) is 2. The van der Waals surface area contributed by atoms with Gasteiger partial charge < -0.3 is 10.6 Å². The van der Waals surface area contributed by atoms with Crippen LogP contribution in [0.15, 0.2) is 40.2 Å². The number of nitrogens with one attached hydrogen (secondary N) is 2. The second-order valence-corrected chi connectivity index (χ2v) is 9.14. The van der Waals surface area contributed by atoms with Gasteiger partial charge in [-0.2, -0.15) is 4.31 Å². The minimum absolute atomic E-state index is 0.387. The molecule has 1 aromatic carbocycles. The van der Waals surface area contributed by atoms with Crippen molar-refractivity contribution < 1.29 is 8.42 Å². The smallest absolute Gasteiger partial charge is 0.243 e. The van der Waals surface area contributed by atoms with E-state index in [4.69, 9.17) is 0 Å². The maximum atomic E-state index is 12.7. The Labute approximate surface area is 157 Å². The predicted octanol–water partition coefficient (Wildman–Crippen LogP) is 2.05. The maximum absolute atomic E-state index is 12.7. The molecule has 0 unspecified atom stereocenters. The lowest BCUT2D eigenvalue weighted by molar-refractivity contribution is 0.273. The van der Waals surface area contributed by atoms with Gasteiger partial charge in [0.15, 0.2) is 5.96 Å². The number of rotatable bonds is 7. The molecule has 144 valence electrons. The minimum Gasteiger partial charge on any atom is -0.357 e. The van der Waals surface area contributed by atoms with Crippen LogP contribution in [-0.4, -0.2) is 51.4 Å². The lowest BCUT2D eigenvalue weighted by atomic mass is 9.98. The highest BCUT2D eigenvalue weighted by molar-refractivity contribution is 7.89. The normalized spacial score (nSPS) is 20.1. The first-order valence-corrected chi connectivity index (χ1v) is 11.1. The molecule has 0 bridgehead atoms. The number of piperidine rings is 1. The van der Waals surface area contributed by atoms with Crippen molar-refractivity contribution in [1.82, 2.24) is 14.9 Å². The van der Waals surface area contributed by atoms with E-state index in [1.54, 1.807) is 28.6 Å². The molecule has 0 aromatic heterocycles. The molecule has 0 amide bonds. The van der Waals surface area contributed by atoms with Gasteiger partial charge in [-0.3, -0.25) is 4.99 Å². The van der Waals surface area contributed by atoms with Crippen molar-refractivity contribution in [2.75, 3.05) is 32.7 Å². The summed E-state index contributed by atoms with van der Waals surface area (Å²) in [5.41, 5.74) is 0. The summed E-state index contributed by atoms with van der Waals surface area (Å²) in [5, 5.41) is 6.72. The molecule has 1 aliphatic heterocycles. The highest BCUT2D eigenvalue weighted by Crippen LogP contribution is 2.28. The van der Waals surface area contributed by atoms with E-state index in [9.17, 15) is 8.42 Å². The van der Waals surface area contributed by atoms with Crippen molar-refractivity contribution in [2.45, 2.75) is 37.5 Å². The van der Waals surface area contributed by atoms with Gasteiger partial charge in [0, 0.05) is 32.7 Å². The fourth-order valence-corrected chi connectivity index (χ4v) is 4.69. The van der Waals surface area contributed by atoms with Crippen LogP contribution < -0.4 is 10.6 Å². The molecule has 2 aliphatic rings. The van der Waals surface area contributed by atoms with E-state index in [1.807, 2.05) is 6.07 Å². The van der Waals surface area contributed by atoms with Gasteiger partial charge in [-0.1, -0.05) is 18.2 Å². The van der Waals surface area contributed by atoms with E-state index in [0.29, 0.717) is 23.9 Å². The molecule has 26 heavy (non-hydrogen) atoms. The Balaban J connectivity index is 1.48. The lowest BCUT2D eigenvalue weighted by Gasteiger charge is -2.31. The van der Waals surface area contributed by atoms with Crippen molar-refractivity contribution in [1.29, 1.82) is 0 Å². The number of guanidine groups is 1. The van der Waals surface area contributed by atoms with Crippen molar-refractivity contribution in [3.05, 3.63) is 30.3 Å². The summed E-state index contributed by atoms with van der Waals surface area (Å²) in [6.07, 6.45) is 4.36. The molecule has 7 heteroatoms. The van der Waals surface area contributed by atoms with E-state index >= 15 is 0 Å². The Bertz CT molecular complexity index is 694. The second-order valence-electron chi connectivity index (χ2n) is 7.20. The van der Waals surface area contributed by atoms with Gasteiger partial charge in [0.05, 0.1) is 4.90 Å². The first kappa shape index (κ1) is 19.2. The fourth-order valence-electron chi connectivity index (χ4n) is 3.20. The van der Waals surface area contributed by atoms with E-state index in [1.165, 1.54) is 12.8 Å².